The maximum absolute atomic E-state index is 8.52. The summed E-state index contributed by atoms with van der Waals surface area (Å²) in [5, 5.41) is 0. The van der Waals surface area contributed by atoms with Crippen molar-refractivity contribution in [3.05, 3.63) is 0 Å². The number of rotatable bonds is 0. The first-order valence-electron chi connectivity index (χ1n) is 0.492. The van der Waals surface area contributed by atoms with E-state index in [1.165, 1.54) is 0 Å². The molecule has 4 nitrogen and oxygen atoms in total. The van der Waals surface area contributed by atoms with Crippen LogP contribution in [0.1, 0.15) is 0 Å². The summed E-state index contributed by atoms with van der Waals surface area (Å²) in [6.45, 7) is 0. The van der Waals surface area contributed by atoms with Gasteiger partial charge in [0.1, 0.15) is 0 Å². The molecule has 0 radical (unpaired) electrons. The van der Waals surface area contributed by atoms with Crippen LogP contribution in [0.25, 0.3) is 0 Å². The van der Waals surface area contributed by atoms with E-state index in [1.807, 2.05) is 0 Å². The fourth-order valence-corrected chi connectivity index (χ4v) is 0. The van der Waals surface area contributed by atoms with Crippen LogP contribution in [0.5, 0.6) is 0 Å². The predicted octanol–water partition coefficient (Wildman–Crippen LogP) is -0.478. The molecule has 0 rings (SSSR count). The quantitative estimate of drug-likeness (QED) is 0.412. The van der Waals surface area contributed by atoms with E-state index in [2.05, 4.69) is 0 Å². The summed E-state index contributed by atoms with van der Waals surface area (Å²) in [6.07, 6.45) is 0. The molecule has 0 N–H and O–H groups in total. The van der Waals surface area contributed by atoms with Crippen molar-refractivity contribution in [2.45, 2.75) is 0 Å². The van der Waals surface area contributed by atoms with Gasteiger partial charge in [-0.25, -0.2) is 0 Å². The third-order valence-corrected chi connectivity index (χ3v) is 0. The second-order valence-corrected chi connectivity index (χ2v) is 1.24. The van der Waals surface area contributed by atoms with Crippen molar-refractivity contribution < 1.29 is 27.9 Å². The third kappa shape index (κ3) is 140. The Hall–Kier alpha value is -0.281. The molecule has 0 heterocycles. The number of hydrogen-bond donors (Lipinski definition) is 0. The number of hydrogen-bond acceptors (Lipinski definition) is 4. The van der Waals surface area contributed by atoms with Crippen LogP contribution in [0, 0.1) is 0 Å². The van der Waals surface area contributed by atoms with Crippen LogP contribution in [0.2, 0.25) is 0 Å². The molecule has 0 aromatic carbocycles. The van der Waals surface area contributed by atoms with Crippen molar-refractivity contribution in [3.63, 3.8) is 0 Å². The normalized spacial score (nSPS) is 14.4. The van der Waals surface area contributed by atoms with Crippen molar-refractivity contribution >= 4 is 0 Å². The Morgan fingerprint density at radius 2 is 0.800 bits per heavy atom. The van der Waals surface area contributed by atoms with E-state index in [1.54, 1.807) is 0 Å². The molecule has 0 atom stereocenters. The Bertz CT molecular complexity index is 155. The fourth-order valence-electron chi connectivity index (χ4n) is 0. The summed E-state index contributed by atoms with van der Waals surface area (Å²) >= 11 is -5.12. The van der Waals surface area contributed by atoms with Crippen LogP contribution in [-0.2, 0) is 27.9 Å². The molecule has 0 spiro atoms. The Kier molecular flexibility index (Phi) is 0.794. The first kappa shape index (κ1) is 4.72. The summed E-state index contributed by atoms with van der Waals surface area (Å²) in [5.41, 5.74) is 0. The second kappa shape index (κ2) is 0.841. The van der Waals surface area contributed by atoms with Gasteiger partial charge in [-0.15, -0.1) is 0 Å². The van der Waals surface area contributed by atoms with Gasteiger partial charge in [0.05, 0.1) is 0 Å². The first-order valence-corrected chi connectivity index (χ1v) is 2.03. The minimum absolute atomic E-state index is 5.12. The molecule has 5 heavy (non-hydrogen) atoms. The van der Waals surface area contributed by atoms with Crippen LogP contribution < -0.4 is 0 Å². The Morgan fingerprint density at radius 1 is 0.800 bits per heavy atom. The van der Waals surface area contributed by atoms with Crippen LogP contribution in [0.3, 0.4) is 0 Å². The van der Waals surface area contributed by atoms with E-state index in [-0.39, 0.29) is 0 Å². The van der Waals surface area contributed by atoms with Crippen LogP contribution in [0.4, 0.5) is 0 Å². The molecule has 0 saturated carbocycles. The van der Waals surface area contributed by atoms with E-state index >= 15 is 0 Å². The summed E-state index contributed by atoms with van der Waals surface area (Å²) in [5.74, 6) is 0. The van der Waals surface area contributed by atoms with Gasteiger partial charge in [-0.3, -0.25) is 0 Å². The van der Waals surface area contributed by atoms with Gasteiger partial charge in [0.2, 0.25) is 0 Å². The van der Waals surface area contributed by atoms with Gasteiger partial charge >= 0.3 is 27.9 Å². The third-order valence-electron chi connectivity index (χ3n) is 0. The summed E-state index contributed by atoms with van der Waals surface area (Å²) in [6, 6.07) is 0. The zero-order valence-corrected chi connectivity index (χ0v) is 2.88. The van der Waals surface area contributed by atoms with Crippen molar-refractivity contribution in [1.82, 2.24) is 0 Å². The zero-order chi connectivity index (χ0) is 4.50. The molecule has 0 amide bonds. The minimum atomic E-state index is -5.12. The van der Waals surface area contributed by atoms with Gasteiger partial charge in [-0.05, 0) is 0 Å². The Balaban J connectivity index is 6.05. The molecule has 0 saturated heterocycles. The topological polar surface area (TPSA) is 68.3 Å². The standard InChI is InChI=1S/Cu.4O. The van der Waals surface area contributed by atoms with Gasteiger partial charge in [-0.1, -0.05) is 0 Å². The second-order valence-electron chi connectivity index (χ2n) is 0.302. The van der Waals surface area contributed by atoms with Crippen molar-refractivity contribution in [3.8, 4) is 0 Å². The van der Waals surface area contributed by atoms with Crippen molar-refractivity contribution in [2.24, 2.45) is 0 Å². The van der Waals surface area contributed by atoms with E-state index in [0.717, 1.165) is 0 Å². The van der Waals surface area contributed by atoms with Gasteiger partial charge in [-0.2, -0.15) is 0 Å². The summed E-state index contributed by atoms with van der Waals surface area (Å²) in [7, 11) is 0. The van der Waals surface area contributed by atoms with Gasteiger partial charge < -0.3 is 0 Å². The molecule has 0 aliphatic carbocycles. The van der Waals surface area contributed by atoms with E-state index in [4.69, 9.17) is 15.3 Å². The van der Waals surface area contributed by atoms with Gasteiger partial charge in [0.15, 0.2) is 0 Å². The first-order chi connectivity index (χ1) is 2.00. The molecular weight excluding hydrogens is 128 g/mol. The average molecular weight is 128 g/mol. The molecule has 0 bridgehead atoms. The van der Waals surface area contributed by atoms with E-state index in [9.17, 15) is 0 Å². The predicted molar refractivity (Wildman–Crippen MR) is 2.75 cm³/mol. The fraction of sp³-hybridized carbons (Fsp3) is 0. The summed E-state index contributed by atoms with van der Waals surface area (Å²) < 4.78 is 34.1. The molecule has 5 heteroatoms. The van der Waals surface area contributed by atoms with Gasteiger partial charge in [0, 0.05) is 0 Å². The van der Waals surface area contributed by atoms with E-state index in [0.29, 0.717) is 0 Å². The maximum atomic E-state index is 8.52. The molecule has 0 aliphatic rings. The summed E-state index contributed by atoms with van der Waals surface area (Å²) in [4.78, 5) is 0. The van der Waals surface area contributed by atoms with E-state index < -0.39 is 12.6 Å². The molecule has 0 aromatic heterocycles. The van der Waals surface area contributed by atoms with Crippen molar-refractivity contribution in [1.29, 1.82) is 0 Å². The van der Waals surface area contributed by atoms with Crippen molar-refractivity contribution in [2.75, 3.05) is 0 Å². The molecular formula is CuO4. The zero-order valence-electron chi connectivity index (χ0n) is 1.93. The molecule has 35 valence electrons. The Labute approximate surface area is 28.8 Å². The SMILES string of the molecule is [O]=[Cu](=[O])(=[O])=[O]. The van der Waals surface area contributed by atoms with Gasteiger partial charge in [0.25, 0.3) is 0 Å². The Morgan fingerprint density at radius 3 is 0.800 bits per heavy atom. The molecule has 0 fully saturated rings. The van der Waals surface area contributed by atoms with Crippen LogP contribution >= 0.6 is 0 Å². The monoisotopic (exact) mass is 127 g/mol. The average Bonchev–Trinajstić information content (AvgIpc) is 0.722. The molecule has 0 aromatic rings. The van der Waals surface area contributed by atoms with Crippen LogP contribution in [-0.4, -0.2) is 0 Å². The molecule has 0 aliphatic heterocycles. The van der Waals surface area contributed by atoms with Crippen LogP contribution in [0.15, 0.2) is 0 Å². The molecule has 0 unspecified atom stereocenters.